The molecule has 1 amide bonds. The highest BCUT2D eigenvalue weighted by Gasteiger charge is 2.39. The number of carboxylic acids is 1. The van der Waals surface area contributed by atoms with Crippen LogP contribution >= 0.6 is 23.2 Å². The molecule has 1 aromatic rings. The highest BCUT2D eigenvalue weighted by molar-refractivity contribution is 6.48. The van der Waals surface area contributed by atoms with Crippen molar-refractivity contribution < 1.29 is 24.4 Å². The monoisotopic (exact) mass is 331 g/mol. The second-order valence-corrected chi connectivity index (χ2v) is 5.36. The topological polar surface area (TPSA) is 95.9 Å². The summed E-state index contributed by atoms with van der Waals surface area (Å²) in [6.07, 6.45) is 0.377. The quantitative estimate of drug-likeness (QED) is 0.730. The molecule has 0 saturated carbocycles. The maximum Gasteiger partial charge on any atom is 0.547 e. The van der Waals surface area contributed by atoms with Crippen LogP contribution in [0.5, 0.6) is 5.75 Å². The molecule has 0 bridgehead atoms. The molecule has 1 aromatic carbocycles. The molecular weight excluding hydrogens is 320 g/mol. The number of hydrogen-bond donors (Lipinski definition) is 3. The Bertz CT molecular complexity index is 610. The van der Waals surface area contributed by atoms with E-state index in [1.807, 2.05) is 0 Å². The molecule has 1 aliphatic heterocycles. The highest BCUT2D eigenvalue weighted by Crippen LogP contribution is 2.39. The minimum absolute atomic E-state index is 0.0219. The van der Waals surface area contributed by atoms with Gasteiger partial charge in [0.05, 0.1) is 16.0 Å². The van der Waals surface area contributed by atoms with Crippen LogP contribution in [0.4, 0.5) is 0 Å². The third-order valence-corrected chi connectivity index (χ3v) is 4.00. The second kappa shape index (κ2) is 6.13. The van der Waals surface area contributed by atoms with Gasteiger partial charge in [-0.25, -0.2) is 4.79 Å². The van der Waals surface area contributed by atoms with Crippen LogP contribution in [0.3, 0.4) is 0 Å². The van der Waals surface area contributed by atoms with Crippen molar-refractivity contribution in [3.63, 3.8) is 0 Å². The number of carbonyl (C=O) groups is 2. The molecule has 9 heteroatoms. The van der Waals surface area contributed by atoms with Crippen LogP contribution in [0.2, 0.25) is 10.0 Å². The summed E-state index contributed by atoms with van der Waals surface area (Å²) in [6, 6.07) is 1.17. The van der Waals surface area contributed by atoms with Crippen molar-refractivity contribution in [2.75, 3.05) is 0 Å². The van der Waals surface area contributed by atoms with E-state index in [-0.39, 0.29) is 40.1 Å². The van der Waals surface area contributed by atoms with Crippen molar-refractivity contribution in [2.24, 2.45) is 0 Å². The average molecular weight is 332 g/mol. The lowest BCUT2D eigenvalue weighted by molar-refractivity contribution is -0.121. The van der Waals surface area contributed by atoms with Crippen LogP contribution in [-0.4, -0.2) is 35.1 Å². The van der Waals surface area contributed by atoms with Gasteiger partial charge in [0, 0.05) is 12.0 Å². The van der Waals surface area contributed by atoms with Crippen molar-refractivity contribution in [3.8, 4) is 5.75 Å². The van der Waals surface area contributed by atoms with Crippen LogP contribution in [0, 0.1) is 0 Å². The predicted octanol–water partition coefficient (Wildman–Crippen LogP) is 1.54. The van der Waals surface area contributed by atoms with Gasteiger partial charge in [-0.2, -0.15) is 0 Å². The van der Waals surface area contributed by atoms with Gasteiger partial charge < -0.3 is 20.1 Å². The summed E-state index contributed by atoms with van der Waals surface area (Å²) in [5, 5.41) is 21.9. The first-order chi connectivity index (χ1) is 9.85. The Hall–Kier alpha value is -1.44. The molecule has 0 aliphatic carbocycles. The van der Waals surface area contributed by atoms with Crippen molar-refractivity contribution >= 4 is 42.2 Å². The fourth-order valence-electron chi connectivity index (χ4n) is 2.09. The summed E-state index contributed by atoms with van der Waals surface area (Å²) >= 11 is 12.0. The molecule has 0 saturated heterocycles. The number of benzene rings is 1. The highest BCUT2D eigenvalue weighted by atomic mass is 35.5. The maximum absolute atomic E-state index is 11.4. The molecule has 0 spiro atoms. The first-order valence-electron chi connectivity index (χ1n) is 6.23. The number of nitrogens with one attached hydrogen (secondary N) is 1. The predicted molar refractivity (Wildman–Crippen MR) is 77.9 cm³/mol. The van der Waals surface area contributed by atoms with Crippen LogP contribution in [0.25, 0.3) is 0 Å². The number of aromatic carboxylic acids is 1. The normalized spacial score (nSPS) is 17.0. The minimum atomic E-state index is -1.36. The first kappa shape index (κ1) is 15.9. The summed E-state index contributed by atoms with van der Waals surface area (Å²) in [7, 11) is -1.36. The number of carbonyl (C=O) groups excluding carboxylic acids is 1. The van der Waals surface area contributed by atoms with E-state index in [2.05, 4.69) is 5.32 Å². The van der Waals surface area contributed by atoms with Gasteiger partial charge in [0.15, 0.2) is 0 Å². The fraction of sp³-hybridized carbons (Fsp3) is 0.333. The Kier molecular flexibility index (Phi) is 4.66. The number of carboxylic acid groups (broad SMARTS) is 1. The lowest BCUT2D eigenvalue weighted by atomic mass is 9.72. The van der Waals surface area contributed by atoms with E-state index in [1.165, 1.54) is 6.07 Å². The third kappa shape index (κ3) is 3.10. The largest absolute Gasteiger partial charge is 0.547 e. The number of amides is 1. The van der Waals surface area contributed by atoms with Crippen LogP contribution in [0.1, 0.15) is 29.3 Å². The summed E-state index contributed by atoms with van der Waals surface area (Å²) in [5.74, 6) is -2.25. The average Bonchev–Trinajstić information content (AvgIpc) is 2.43. The van der Waals surface area contributed by atoms with E-state index in [1.54, 1.807) is 6.92 Å². The fourth-order valence-corrected chi connectivity index (χ4v) is 2.53. The summed E-state index contributed by atoms with van der Waals surface area (Å²) < 4.78 is 5.23. The van der Waals surface area contributed by atoms with E-state index in [0.29, 0.717) is 5.56 Å². The molecule has 0 unspecified atom stereocenters. The van der Waals surface area contributed by atoms with Crippen LogP contribution in [-0.2, 0) is 11.2 Å². The number of rotatable bonds is 3. The summed E-state index contributed by atoms with van der Waals surface area (Å²) in [5.41, 5.74) is 0.173. The van der Waals surface area contributed by atoms with Gasteiger partial charge in [-0.05, 0) is 12.5 Å². The van der Waals surface area contributed by atoms with E-state index >= 15 is 0 Å². The standard InChI is InChI=1S/C12H12BCl2NO5/c1-2-9(17)16-8-4-5-10(15)7(14)3-6(12(18)19)11(5)21-13(8)20/h3,8,20H,2,4H2,1H3,(H,16,17)(H,18,19)/t8-/m0/s1. The molecular formula is C12H12BCl2NO5. The molecule has 2 rings (SSSR count). The molecule has 21 heavy (non-hydrogen) atoms. The Labute approximate surface area is 131 Å². The number of halogens is 2. The Balaban J connectivity index is 2.43. The SMILES string of the molecule is CCC(=O)N[C@H]1Cc2c(Cl)c(Cl)cc(C(=O)O)c2OB1O. The Morgan fingerprint density at radius 2 is 2.19 bits per heavy atom. The van der Waals surface area contributed by atoms with Gasteiger partial charge in [0.25, 0.3) is 0 Å². The smallest absolute Gasteiger partial charge is 0.534 e. The molecule has 6 nitrogen and oxygen atoms in total. The zero-order valence-electron chi connectivity index (χ0n) is 11.0. The first-order valence-corrected chi connectivity index (χ1v) is 6.99. The van der Waals surface area contributed by atoms with Gasteiger partial charge in [0.1, 0.15) is 11.3 Å². The Morgan fingerprint density at radius 3 is 2.76 bits per heavy atom. The van der Waals surface area contributed by atoms with E-state index in [4.69, 9.17) is 33.0 Å². The molecule has 1 aliphatic rings. The lowest BCUT2D eigenvalue weighted by Gasteiger charge is -2.29. The third-order valence-electron chi connectivity index (χ3n) is 3.17. The molecule has 112 valence electrons. The number of fused-ring (bicyclic) bond motifs is 1. The second-order valence-electron chi connectivity index (χ2n) is 4.57. The zero-order chi connectivity index (χ0) is 15.7. The molecule has 0 aromatic heterocycles. The molecule has 0 radical (unpaired) electrons. The van der Waals surface area contributed by atoms with E-state index in [9.17, 15) is 14.6 Å². The lowest BCUT2D eigenvalue weighted by Crippen LogP contribution is -2.53. The molecule has 1 heterocycles. The van der Waals surface area contributed by atoms with Crippen molar-refractivity contribution in [1.82, 2.24) is 5.32 Å². The van der Waals surface area contributed by atoms with Gasteiger partial charge >= 0.3 is 13.1 Å². The van der Waals surface area contributed by atoms with Crippen molar-refractivity contribution in [1.29, 1.82) is 0 Å². The summed E-state index contributed by atoms with van der Waals surface area (Å²) in [6.45, 7) is 1.67. The van der Waals surface area contributed by atoms with Gasteiger partial charge in [0.2, 0.25) is 5.91 Å². The van der Waals surface area contributed by atoms with Crippen molar-refractivity contribution in [2.45, 2.75) is 25.7 Å². The van der Waals surface area contributed by atoms with Gasteiger partial charge in [-0.3, -0.25) is 4.79 Å². The molecule has 0 fully saturated rings. The Morgan fingerprint density at radius 1 is 1.52 bits per heavy atom. The van der Waals surface area contributed by atoms with Gasteiger partial charge in [-0.15, -0.1) is 0 Å². The van der Waals surface area contributed by atoms with Gasteiger partial charge in [-0.1, -0.05) is 30.1 Å². The van der Waals surface area contributed by atoms with E-state index in [0.717, 1.165) is 0 Å². The molecule has 3 N–H and O–H groups in total. The van der Waals surface area contributed by atoms with E-state index < -0.39 is 19.0 Å². The summed E-state index contributed by atoms with van der Waals surface area (Å²) in [4.78, 5) is 22.6. The van der Waals surface area contributed by atoms with Crippen molar-refractivity contribution in [3.05, 3.63) is 27.2 Å². The van der Waals surface area contributed by atoms with Crippen LogP contribution in [0.15, 0.2) is 6.07 Å². The zero-order valence-corrected chi connectivity index (χ0v) is 12.5. The molecule has 1 atom stereocenters. The number of hydrogen-bond acceptors (Lipinski definition) is 4. The van der Waals surface area contributed by atoms with Crippen LogP contribution < -0.4 is 9.97 Å². The minimum Gasteiger partial charge on any atom is -0.534 e. The maximum atomic E-state index is 11.4.